The molecule has 1 aliphatic heterocycles. The zero-order valence-corrected chi connectivity index (χ0v) is 7.36. The van der Waals surface area contributed by atoms with Crippen molar-refractivity contribution < 1.29 is 14.3 Å². The van der Waals surface area contributed by atoms with Crippen LogP contribution in [0.4, 0.5) is 0 Å². The van der Waals surface area contributed by atoms with E-state index in [1.54, 1.807) is 0 Å². The Morgan fingerprint density at radius 1 is 1.08 bits per heavy atom. The molecule has 4 rings (SSSR count). The smallest absolute Gasteiger partial charge is 0.175 e. The van der Waals surface area contributed by atoms with Crippen molar-refractivity contribution >= 4 is 5.78 Å². The second-order valence-electron chi connectivity index (χ2n) is 4.72. The van der Waals surface area contributed by atoms with Gasteiger partial charge in [0.1, 0.15) is 5.78 Å². The number of rotatable bonds is 0. The molecule has 0 unspecified atom stereocenters. The zero-order chi connectivity index (χ0) is 8.63. The number of ether oxygens (including phenoxy) is 2. The van der Waals surface area contributed by atoms with Crippen LogP contribution in [0.25, 0.3) is 0 Å². The first-order chi connectivity index (χ1) is 6.33. The van der Waals surface area contributed by atoms with Crippen molar-refractivity contribution in [1.82, 2.24) is 0 Å². The summed E-state index contributed by atoms with van der Waals surface area (Å²) in [5.74, 6) is 1.60. The number of carbonyl (C=O) groups is 1. The lowest BCUT2D eigenvalue weighted by Gasteiger charge is -2.30. The quantitative estimate of drug-likeness (QED) is 0.547. The molecule has 0 radical (unpaired) electrons. The monoisotopic (exact) mass is 180 g/mol. The van der Waals surface area contributed by atoms with Gasteiger partial charge in [-0.3, -0.25) is 4.79 Å². The molecule has 0 N–H and O–H groups in total. The summed E-state index contributed by atoms with van der Waals surface area (Å²) < 4.78 is 11.5. The van der Waals surface area contributed by atoms with E-state index in [-0.39, 0.29) is 5.79 Å². The zero-order valence-electron chi connectivity index (χ0n) is 7.36. The van der Waals surface area contributed by atoms with Gasteiger partial charge in [0.25, 0.3) is 0 Å². The average molecular weight is 180 g/mol. The summed E-state index contributed by atoms with van der Waals surface area (Å²) in [5, 5.41) is 0. The van der Waals surface area contributed by atoms with Gasteiger partial charge in [-0.1, -0.05) is 0 Å². The van der Waals surface area contributed by atoms with Gasteiger partial charge in [-0.15, -0.1) is 0 Å². The van der Waals surface area contributed by atoms with E-state index in [1.165, 1.54) is 0 Å². The van der Waals surface area contributed by atoms with Crippen LogP contribution < -0.4 is 0 Å². The molecule has 70 valence electrons. The maximum atomic E-state index is 11.6. The topological polar surface area (TPSA) is 35.5 Å². The molecule has 0 aromatic heterocycles. The number of carbonyl (C=O) groups excluding carboxylic acids is 1. The number of hydrogen-bond acceptors (Lipinski definition) is 3. The van der Waals surface area contributed by atoms with Gasteiger partial charge in [0, 0.05) is 23.7 Å². The van der Waals surface area contributed by atoms with Crippen LogP contribution in [0.1, 0.15) is 12.8 Å². The maximum absolute atomic E-state index is 11.6. The number of fused-ring (bicyclic) bond motifs is 4. The highest BCUT2D eigenvalue weighted by Gasteiger charge is 2.74. The van der Waals surface area contributed by atoms with Gasteiger partial charge in [-0.05, 0) is 12.8 Å². The minimum atomic E-state index is -0.302. The lowest BCUT2D eigenvalue weighted by Crippen LogP contribution is -2.41. The summed E-state index contributed by atoms with van der Waals surface area (Å²) in [6.07, 6.45) is 2.04. The van der Waals surface area contributed by atoms with Gasteiger partial charge >= 0.3 is 0 Å². The van der Waals surface area contributed by atoms with Crippen molar-refractivity contribution in [3.05, 3.63) is 0 Å². The first kappa shape index (κ1) is 6.96. The normalized spacial score (nSPS) is 54.6. The Labute approximate surface area is 76.4 Å². The van der Waals surface area contributed by atoms with E-state index in [0.717, 1.165) is 26.1 Å². The highest BCUT2D eigenvalue weighted by molar-refractivity contribution is 5.90. The van der Waals surface area contributed by atoms with Gasteiger partial charge < -0.3 is 9.47 Å². The Morgan fingerprint density at radius 3 is 2.15 bits per heavy atom. The fraction of sp³-hybridized carbons (Fsp3) is 0.900. The highest BCUT2D eigenvalue weighted by Crippen LogP contribution is 2.68. The van der Waals surface area contributed by atoms with Gasteiger partial charge in [-0.25, -0.2) is 0 Å². The minimum Gasteiger partial charge on any atom is -0.347 e. The molecule has 3 saturated carbocycles. The van der Waals surface area contributed by atoms with Crippen molar-refractivity contribution in [3.8, 4) is 0 Å². The van der Waals surface area contributed by atoms with Crippen LogP contribution in [-0.2, 0) is 14.3 Å². The van der Waals surface area contributed by atoms with E-state index in [4.69, 9.17) is 9.47 Å². The molecule has 1 saturated heterocycles. The van der Waals surface area contributed by atoms with Crippen LogP contribution >= 0.6 is 0 Å². The third-order valence-electron chi connectivity index (χ3n) is 4.08. The van der Waals surface area contributed by atoms with Crippen LogP contribution in [0.3, 0.4) is 0 Å². The molecule has 0 bridgehead atoms. The largest absolute Gasteiger partial charge is 0.347 e. The highest BCUT2D eigenvalue weighted by atomic mass is 16.7. The van der Waals surface area contributed by atoms with E-state index in [9.17, 15) is 4.79 Å². The molecule has 0 aromatic rings. The molecule has 3 nitrogen and oxygen atoms in total. The lowest BCUT2D eigenvalue weighted by atomic mass is 9.93. The molecule has 0 amide bonds. The Morgan fingerprint density at radius 2 is 1.62 bits per heavy atom. The number of Topliss-reactive ketones (excluding diaryl/α,β-unsaturated/α-hetero) is 1. The summed E-state index contributed by atoms with van der Waals surface area (Å²) in [7, 11) is 0. The summed E-state index contributed by atoms with van der Waals surface area (Å²) in [4.78, 5) is 11.6. The Bertz CT molecular complexity index is 271. The van der Waals surface area contributed by atoms with Crippen molar-refractivity contribution in [2.24, 2.45) is 23.7 Å². The van der Waals surface area contributed by atoms with Crippen LogP contribution in [0.5, 0.6) is 0 Å². The summed E-state index contributed by atoms with van der Waals surface area (Å²) >= 11 is 0. The molecular weight excluding hydrogens is 168 g/mol. The summed E-state index contributed by atoms with van der Waals surface area (Å²) in [5.41, 5.74) is 0. The number of ketones is 1. The standard InChI is InChI=1S/C10H12O3/c11-9-5-3-7(5)10(8-4-6(8)9)12-1-2-13-10/h5-8H,1-4H2/t5-,6+,7+,8-. The van der Waals surface area contributed by atoms with E-state index < -0.39 is 0 Å². The van der Waals surface area contributed by atoms with Crippen LogP contribution in [0.2, 0.25) is 0 Å². The molecule has 3 aliphatic carbocycles. The average Bonchev–Trinajstić information content (AvgIpc) is 3.02. The lowest BCUT2D eigenvalue weighted by molar-refractivity contribution is -0.200. The predicted octanol–water partition coefficient (Wildman–Crippen LogP) is 0.584. The fourth-order valence-electron chi connectivity index (χ4n) is 3.33. The van der Waals surface area contributed by atoms with E-state index >= 15 is 0 Å². The van der Waals surface area contributed by atoms with Crippen LogP contribution in [-0.4, -0.2) is 24.8 Å². The van der Waals surface area contributed by atoms with Crippen molar-refractivity contribution in [3.63, 3.8) is 0 Å². The Balaban J connectivity index is 1.76. The molecule has 13 heavy (non-hydrogen) atoms. The molecule has 1 heterocycles. The molecule has 4 fully saturated rings. The van der Waals surface area contributed by atoms with Crippen molar-refractivity contribution in [1.29, 1.82) is 0 Å². The maximum Gasteiger partial charge on any atom is 0.175 e. The minimum absolute atomic E-state index is 0.293. The second-order valence-corrected chi connectivity index (χ2v) is 4.72. The third-order valence-corrected chi connectivity index (χ3v) is 4.08. The Kier molecular flexibility index (Phi) is 0.984. The molecule has 4 atom stereocenters. The first-order valence-corrected chi connectivity index (χ1v) is 5.14. The molecule has 4 aliphatic rings. The SMILES string of the molecule is O=C1[C@H]2C[C@H]2C2(OCCO2)[C@H]2C[C@@H]12. The predicted molar refractivity (Wildman–Crippen MR) is 42.8 cm³/mol. The van der Waals surface area contributed by atoms with Crippen molar-refractivity contribution in [2.75, 3.05) is 13.2 Å². The van der Waals surface area contributed by atoms with Gasteiger partial charge in [0.15, 0.2) is 5.79 Å². The van der Waals surface area contributed by atoms with Crippen LogP contribution in [0.15, 0.2) is 0 Å². The summed E-state index contributed by atoms with van der Waals surface area (Å²) in [6.45, 7) is 1.45. The third kappa shape index (κ3) is 0.647. The molecule has 3 heteroatoms. The second kappa shape index (κ2) is 1.84. The fourth-order valence-corrected chi connectivity index (χ4v) is 3.33. The van der Waals surface area contributed by atoms with E-state index in [1.807, 2.05) is 0 Å². The van der Waals surface area contributed by atoms with Gasteiger partial charge in [0.2, 0.25) is 0 Å². The molecule has 1 spiro atoms. The molecular formula is C10H12O3. The van der Waals surface area contributed by atoms with Gasteiger partial charge in [0.05, 0.1) is 13.2 Å². The number of hydrogen-bond donors (Lipinski definition) is 0. The van der Waals surface area contributed by atoms with Crippen LogP contribution in [0, 0.1) is 23.7 Å². The first-order valence-electron chi connectivity index (χ1n) is 5.14. The van der Waals surface area contributed by atoms with Gasteiger partial charge in [-0.2, -0.15) is 0 Å². The van der Waals surface area contributed by atoms with E-state index in [2.05, 4.69) is 0 Å². The van der Waals surface area contributed by atoms with E-state index in [0.29, 0.717) is 29.5 Å². The molecule has 0 aromatic carbocycles. The Hall–Kier alpha value is -0.410. The van der Waals surface area contributed by atoms with Crippen molar-refractivity contribution in [2.45, 2.75) is 18.6 Å². The summed E-state index contributed by atoms with van der Waals surface area (Å²) in [6, 6.07) is 0.